The van der Waals surface area contributed by atoms with Gasteiger partial charge in [0.25, 0.3) is 0 Å². The second kappa shape index (κ2) is 3.66. The summed E-state index contributed by atoms with van der Waals surface area (Å²) in [6.45, 7) is 3.67. The molecule has 0 radical (unpaired) electrons. The van der Waals surface area contributed by atoms with Crippen LogP contribution < -0.4 is 5.73 Å². The first kappa shape index (κ1) is 9.86. The molecule has 1 aromatic carbocycles. The summed E-state index contributed by atoms with van der Waals surface area (Å²) in [6.07, 6.45) is 0.733. The van der Waals surface area contributed by atoms with E-state index < -0.39 is 0 Å². The molecule has 4 N–H and O–H groups in total. The van der Waals surface area contributed by atoms with E-state index in [1.54, 1.807) is 6.92 Å². The lowest BCUT2D eigenvalue weighted by Gasteiger charge is -2.13. The Balaban J connectivity index is 3.20. The van der Waals surface area contributed by atoms with Gasteiger partial charge in [0, 0.05) is 11.6 Å². The number of benzene rings is 1. The predicted octanol–water partition coefficient (Wildman–Crippen LogP) is 1.82. The van der Waals surface area contributed by atoms with Crippen molar-refractivity contribution < 1.29 is 10.2 Å². The first-order valence-electron chi connectivity index (χ1n) is 4.34. The van der Waals surface area contributed by atoms with Crippen LogP contribution in [-0.2, 0) is 0 Å². The zero-order valence-corrected chi connectivity index (χ0v) is 7.91. The largest absolute Gasteiger partial charge is 0.508 e. The van der Waals surface area contributed by atoms with Gasteiger partial charge in [-0.3, -0.25) is 0 Å². The Hall–Kier alpha value is -1.22. The van der Waals surface area contributed by atoms with Crippen molar-refractivity contribution in [3.63, 3.8) is 0 Å². The Kier molecular flexibility index (Phi) is 2.78. The highest BCUT2D eigenvalue weighted by molar-refractivity contribution is 5.46. The molecule has 3 nitrogen and oxygen atoms in total. The van der Waals surface area contributed by atoms with Gasteiger partial charge in [0.05, 0.1) is 0 Å². The quantitative estimate of drug-likeness (QED) is 0.609. The predicted molar refractivity (Wildman–Crippen MR) is 51.7 cm³/mol. The van der Waals surface area contributed by atoms with Gasteiger partial charge < -0.3 is 15.9 Å². The molecule has 13 heavy (non-hydrogen) atoms. The van der Waals surface area contributed by atoms with Gasteiger partial charge in [-0.15, -0.1) is 0 Å². The molecule has 0 saturated carbocycles. The average Bonchev–Trinajstić information content (AvgIpc) is 2.10. The maximum Gasteiger partial charge on any atom is 0.123 e. The lowest BCUT2D eigenvalue weighted by molar-refractivity contribution is 0.443. The molecule has 0 aliphatic carbocycles. The smallest absolute Gasteiger partial charge is 0.123 e. The lowest BCUT2D eigenvalue weighted by atomic mass is 10.0. The third-order valence-corrected chi connectivity index (χ3v) is 2.15. The monoisotopic (exact) mass is 181 g/mol. The fraction of sp³-hybridized carbons (Fsp3) is 0.400. The van der Waals surface area contributed by atoms with Crippen LogP contribution in [0, 0.1) is 6.92 Å². The molecule has 1 atom stereocenters. The topological polar surface area (TPSA) is 66.5 Å². The molecule has 0 saturated heterocycles. The molecule has 0 aliphatic heterocycles. The van der Waals surface area contributed by atoms with Crippen molar-refractivity contribution in [1.82, 2.24) is 0 Å². The van der Waals surface area contributed by atoms with Crippen molar-refractivity contribution in [2.45, 2.75) is 26.3 Å². The number of hydrogen-bond acceptors (Lipinski definition) is 3. The summed E-state index contributed by atoms with van der Waals surface area (Å²) in [5, 5.41) is 18.9. The van der Waals surface area contributed by atoms with Crippen LogP contribution in [0.5, 0.6) is 11.5 Å². The van der Waals surface area contributed by atoms with Gasteiger partial charge in [0.2, 0.25) is 0 Å². The van der Waals surface area contributed by atoms with Gasteiger partial charge in [0.15, 0.2) is 0 Å². The van der Waals surface area contributed by atoms with E-state index in [2.05, 4.69) is 0 Å². The second-order valence-corrected chi connectivity index (χ2v) is 3.22. The zero-order valence-electron chi connectivity index (χ0n) is 7.91. The van der Waals surface area contributed by atoms with E-state index in [0.717, 1.165) is 6.42 Å². The minimum atomic E-state index is -0.217. The summed E-state index contributed by atoms with van der Waals surface area (Å²) in [6, 6.07) is 2.81. The summed E-state index contributed by atoms with van der Waals surface area (Å²) >= 11 is 0. The summed E-state index contributed by atoms with van der Waals surface area (Å²) in [7, 11) is 0. The third kappa shape index (κ3) is 1.92. The number of nitrogens with two attached hydrogens (primary N) is 1. The van der Waals surface area contributed by atoms with E-state index in [4.69, 9.17) is 5.73 Å². The van der Waals surface area contributed by atoms with E-state index in [1.807, 2.05) is 6.92 Å². The molecule has 1 aromatic rings. The Bertz CT molecular complexity index is 310. The number of phenolic OH excluding ortho intramolecular Hbond substituents is 2. The molecule has 0 amide bonds. The van der Waals surface area contributed by atoms with E-state index in [9.17, 15) is 10.2 Å². The molecule has 1 rings (SSSR count). The zero-order chi connectivity index (χ0) is 10.0. The van der Waals surface area contributed by atoms with Crippen molar-refractivity contribution in [1.29, 1.82) is 0 Å². The van der Waals surface area contributed by atoms with Crippen molar-refractivity contribution in [3.8, 4) is 11.5 Å². The van der Waals surface area contributed by atoms with Gasteiger partial charge in [-0.2, -0.15) is 0 Å². The molecule has 0 aliphatic rings. The van der Waals surface area contributed by atoms with Crippen LogP contribution in [0.3, 0.4) is 0 Å². The summed E-state index contributed by atoms with van der Waals surface area (Å²) in [5.41, 5.74) is 7.02. The van der Waals surface area contributed by atoms with E-state index in [-0.39, 0.29) is 17.5 Å². The summed E-state index contributed by atoms with van der Waals surface area (Å²) < 4.78 is 0. The molecule has 0 fully saturated rings. The van der Waals surface area contributed by atoms with Gasteiger partial charge >= 0.3 is 0 Å². The Morgan fingerprint density at radius 2 is 2.00 bits per heavy atom. The van der Waals surface area contributed by atoms with Crippen molar-refractivity contribution in [2.75, 3.05) is 0 Å². The molecule has 3 heteroatoms. The Labute approximate surface area is 77.8 Å². The molecule has 1 unspecified atom stereocenters. The Morgan fingerprint density at radius 1 is 1.38 bits per heavy atom. The van der Waals surface area contributed by atoms with Crippen LogP contribution in [0.15, 0.2) is 12.1 Å². The highest BCUT2D eigenvalue weighted by atomic mass is 16.3. The fourth-order valence-electron chi connectivity index (χ4n) is 1.29. The average molecular weight is 181 g/mol. The maximum absolute atomic E-state index is 9.63. The van der Waals surface area contributed by atoms with Gasteiger partial charge in [-0.1, -0.05) is 6.92 Å². The van der Waals surface area contributed by atoms with Crippen LogP contribution in [0.25, 0.3) is 0 Å². The van der Waals surface area contributed by atoms with E-state index in [1.165, 1.54) is 12.1 Å². The number of aromatic hydroxyl groups is 2. The van der Waals surface area contributed by atoms with Crippen LogP contribution in [-0.4, -0.2) is 10.2 Å². The van der Waals surface area contributed by atoms with E-state index in [0.29, 0.717) is 11.1 Å². The first-order chi connectivity index (χ1) is 6.06. The van der Waals surface area contributed by atoms with Gasteiger partial charge in [0.1, 0.15) is 11.5 Å². The number of phenols is 2. The molecule has 72 valence electrons. The SMILES string of the molecule is CCC(N)c1cc(O)cc(C)c1O. The van der Waals surface area contributed by atoms with Crippen molar-refractivity contribution in [2.24, 2.45) is 5.73 Å². The van der Waals surface area contributed by atoms with Crippen LogP contribution in [0.2, 0.25) is 0 Å². The molecular weight excluding hydrogens is 166 g/mol. The number of rotatable bonds is 2. The number of aryl methyl sites for hydroxylation is 1. The van der Waals surface area contributed by atoms with Crippen LogP contribution in [0.1, 0.15) is 30.5 Å². The molecule has 0 aromatic heterocycles. The van der Waals surface area contributed by atoms with Crippen LogP contribution >= 0.6 is 0 Å². The molecule has 0 spiro atoms. The highest BCUT2D eigenvalue weighted by Crippen LogP contribution is 2.31. The van der Waals surface area contributed by atoms with Crippen molar-refractivity contribution >= 4 is 0 Å². The molecule has 0 heterocycles. The number of hydrogen-bond donors (Lipinski definition) is 3. The maximum atomic E-state index is 9.63. The molecule has 0 bridgehead atoms. The normalized spacial score (nSPS) is 12.8. The standard InChI is InChI=1S/C10H15NO2/c1-3-9(11)8-5-7(12)4-6(2)10(8)13/h4-5,9,12-13H,3,11H2,1-2H3. The summed E-state index contributed by atoms with van der Waals surface area (Å²) in [5.74, 6) is 0.335. The summed E-state index contributed by atoms with van der Waals surface area (Å²) in [4.78, 5) is 0. The molecular formula is C10H15NO2. The third-order valence-electron chi connectivity index (χ3n) is 2.15. The lowest BCUT2D eigenvalue weighted by Crippen LogP contribution is -2.09. The second-order valence-electron chi connectivity index (χ2n) is 3.22. The van der Waals surface area contributed by atoms with E-state index >= 15 is 0 Å². The minimum Gasteiger partial charge on any atom is -0.508 e. The van der Waals surface area contributed by atoms with Gasteiger partial charge in [-0.05, 0) is 31.0 Å². The highest BCUT2D eigenvalue weighted by Gasteiger charge is 2.12. The minimum absolute atomic E-state index is 0.147. The van der Waals surface area contributed by atoms with Crippen LogP contribution in [0.4, 0.5) is 0 Å². The fourth-order valence-corrected chi connectivity index (χ4v) is 1.29. The Morgan fingerprint density at radius 3 is 2.54 bits per heavy atom. The van der Waals surface area contributed by atoms with Gasteiger partial charge in [-0.25, -0.2) is 0 Å². The first-order valence-corrected chi connectivity index (χ1v) is 4.34. The van der Waals surface area contributed by atoms with Crippen molar-refractivity contribution in [3.05, 3.63) is 23.3 Å².